The fourth-order valence-electron chi connectivity index (χ4n) is 3.20. The highest BCUT2D eigenvalue weighted by Crippen LogP contribution is 2.19. The first-order valence-corrected chi connectivity index (χ1v) is 8.96. The van der Waals surface area contributed by atoms with E-state index in [0.29, 0.717) is 12.5 Å². The van der Waals surface area contributed by atoms with E-state index in [1.807, 2.05) is 6.07 Å². The lowest BCUT2D eigenvalue weighted by Gasteiger charge is -2.31. The van der Waals surface area contributed by atoms with Crippen LogP contribution >= 0.6 is 0 Å². The Kier molecular flexibility index (Phi) is 6.64. The molecule has 1 aliphatic rings. The van der Waals surface area contributed by atoms with E-state index < -0.39 is 0 Å². The molecular formula is C22H27NO. The maximum Gasteiger partial charge on any atom is 0.0650 e. The van der Waals surface area contributed by atoms with Crippen molar-refractivity contribution in [2.24, 2.45) is 5.92 Å². The molecule has 2 heteroatoms. The second-order valence-corrected chi connectivity index (χ2v) is 6.56. The van der Waals surface area contributed by atoms with Crippen molar-refractivity contribution in [3.05, 3.63) is 77.9 Å². The van der Waals surface area contributed by atoms with Crippen LogP contribution < -0.4 is 0 Å². The molecule has 0 radical (unpaired) electrons. The van der Waals surface area contributed by atoms with Gasteiger partial charge in [0.25, 0.3) is 0 Å². The number of benzene rings is 2. The normalized spacial score (nSPS) is 16.7. The van der Waals surface area contributed by atoms with E-state index in [4.69, 9.17) is 4.74 Å². The predicted octanol–water partition coefficient (Wildman–Crippen LogP) is 4.63. The summed E-state index contributed by atoms with van der Waals surface area (Å²) in [6.45, 7) is 5.04. The van der Waals surface area contributed by atoms with Crippen LogP contribution in [0.3, 0.4) is 0 Å². The first kappa shape index (κ1) is 16.9. The third kappa shape index (κ3) is 5.63. The Balaban J connectivity index is 1.30. The number of ether oxygens (including phenoxy) is 1. The number of rotatable bonds is 7. The van der Waals surface area contributed by atoms with Crippen LogP contribution in [0.1, 0.15) is 24.0 Å². The molecule has 1 heterocycles. The Morgan fingerprint density at radius 3 is 2.29 bits per heavy atom. The van der Waals surface area contributed by atoms with Crippen LogP contribution in [0.5, 0.6) is 0 Å². The Morgan fingerprint density at radius 2 is 1.58 bits per heavy atom. The highest BCUT2D eigenvalue weighted by molar-refractivity contribution is 5.48. The van der Waals surface area contributed by atoms with E-state index in [-0.39, 0.29) is 0 Å². The third-order valence-electron chi connectivity index (χ3n) is 4.63. The zero-order chi connectivity index (χ0) is 16.5. The van der Waals surface area contributed by atoms with Crippen LogP contribution in [-0.4, -0.2) is 31.2 Å². The van der Waals surface area contributed by atoms with Gasteiger partial charge in [0.1, 0.15) is 0 Å². The molecule has 0 N–H and O–H groups in total. The molecule has 0 aliphatic carbocycles. The van der Waals surface area contributed by atoms with Crippen molar-refractivity contribution in [2.75, 3.05) is 26.3 Å². The molecular weight excluding hydrogens is 294 g/mol. The van der Waals surface area contributed by atoms with Crippen LogP contribution in [0.25, 0.3) is 6.08 Å². The van der Waals surface area contributed by atoms with E-state index >= 15 is 0 Å². The van der Waals surface area contributed by atoms with E-state index in [1.165, 1.54) is 37.1 Å². The fourth-order valence-corrected chi connectivity index (χ4v) is 3.20. The van der Waals surface area contributed by atoms with Gasteiger partial charge in [0.05, 0.1) is 6.61 Å². The number of hydrogen-bond acceptors (Lipinski definition) is 2. The summed E-state index contributed by atoms with van der Waals surface area (Å²) in [4.78, 5) is 2.56. The van der Waals surface area contributed by atoms with Gasteiger partial charge >= 0.3 is 0 Å². The van der Waals surface area contributed by atoms with E-state index in [1.54, 1.807) is 0 Å². The quantitative estimate of drug-likeness (QED) is 0.690. The van der Waals surface area contributed by atoms with Crippen molar-refractivity contribution in [2.45, 2.75) is 19.4 Å². The summed E-state index contributed by atoms with van der Waals surface area (Å²) in [5.41, 5.74) is 2.65. The SMILES string of the molecule is C(=C\c1ccccc1)/COCC1CCN(Cc2ccccc2)CC1. The molecule has 3 rings (SSSR count). The van der Waals surface area contributed by atoms with Crippen molar-refractivity contribution >= 4 is 6.08 Å². The number of piperidine rings is 1. The molecule has 1 saturated heterocycles. The Hall–Kier alpha value is -1.90. The summed E-state index contributed by atoms with van der Waals surface area (Å²) >= 11 is 0. The van der Waals surface area contributed by atoms with Crippen molar-refractivity contribution in [1.82, 2.24) is 4.90 Å². The predicted molar refractivity (Wildman–Crippen MR) is 101 cm³/mol. The van der Waals surface area contributed by atoms with Crippen molar-refractivity contribution < 1.29 is 4.74 Å². The van der Waals surface area contributed by atoms with Gasteiger partial charge in [-0.2, -0.15) is 0 Å². The van der Waals surface area contributed by atoms with Gasteiger partial charge < -0.3 is 4.74 Å². The van der Waals surface area contributed by atoms with E-state index in [0.717, 1.165) is 13.2 Å². The first-order valence-electron chi connectivity index (χ1n) is 8.96. The smallest absolute Gasteiger partial charge is 0.0650 e. The van der Waals surface area contributed by atoms with Gasteiger partial charge in [-0.3, -0.25) is 4.90 Å². The zero-order valence-electron chi connectivity index (χ0n) is 14.3. The monoisotopic (exact) mass is 321 g/mol. The van der Waals surface area contributed by atoms with Gasteiger partial charge in [-0.15, -0.1) is 0 Å². The highest BCUT2D eigenvalue weighted by Gasteiger charge is 2.19. The van der Waals surface area contributed by atoms with Gasteiger partial charge in [-0.1, -0.05) is 72.8 Å². The fraction of sp³-hybridized carbons (Fsp3) is 0.364. The van der Waals surface area contributed by atoms with Crippen molar-refractivity contribution in [3.8, 4) is 0 Å². The lowest BCUT2D eigenvalue weighted by atomic mass is 9.97. The lowest BCUT2D eigenvalue weighted by Crippen LogP contribution is -2.34. The summed E-state index contributed by atoms with van der Waals surface area (Å²) in [7, 11) is 0. The minimum atomic E-state index is 0.707. The average Bonchev–Trinajstić information content (AvgIpc) is 2.65. The number of nitrogens with zero attached hydrogens (tertiary/aromatic N) is 1. The Labute approximate surface area is 145 Å². The van der Waals surface area contributed by atoms with Crippen LogP contribution in [0.15, 0.2) is 66.7 Å². The lowest BCUT2D eigenvalue weighted by molar-refractivity contribution is 0.0801. The summed E-state index contributed by atoms with van der Waals surface area (Å²) in [6, 6.07) is 21.1. The van der Waals surface area contributed by atoms with Crippen molar-refractivity contribution in [1.29, 1.82) is 0 Å². The summed E-state index contributed by atoms with van der Waals surface area (Å²) in [6.07, 6.45) is 6.73. The molecule has 0 spiro atoms. The second-order valence-electron chi connectivity index (χ2n) is 6.56. The van der Waals surface area contributed by atoms with E-state index in [9.17, 15) is 0 Å². The van der Waals surface area contributed by atoms with Gasteiger partial charge in [0, 0.05) is 13.2 Å². The first-order chi connectivity index (χ1) is 11.9. The van der Waals surface area contributed by atoms with E-state index in [2.05, 4.69) is 71.6 Å². The van der Waals surface area contributed by atoms with Crippen LogP contribution in [0.2, 0.25) is 0 Å². The molecule has 2 aromatic carbocycles. The molecule has 2 nitrogen and oxygen atoms in total. The minimum absolute atomic E-state index is 0.707. The molecule has 0 atom stereocenters. The molecule has 2 aromatic rings. The average molecular weight is 321 g/mol. The van der Waals surface area contributed by atoms with Gasteiger partial charge in [0.15, 0.2) is 0 Å². The van der Waals surface area contributed by atoms with Crippen LogP contribution in [-0.2, 0) is 11.3 Å². The highest BCUT2D eigenvalue weighted by atomic mass is 16.5. The molecule has 0 unspecified atom stereocenters. The summed E-state index contributed by atoms with van der Waals surface area (Å²) in [5, 5.41) is 0. The maximum atomic E-state index is 5.84. The second kappa shape index (κ2) is 9.41. The van der Waals surface area contributed by atoms with Crippen molar-refractivity contribution in [3.63, 3.8) is 0 Å². The molecule has 0 saturated carbocycles. The summed E-state index contributed by atoms with van der Waals surface area (Å²) < 4.78 is 5.84. The molecule has 0 amide bonds. The molecule has 0 aromatic heterocycles. The molecule has 1 aliphatic heterocycles. The topological polar surface area (TPSA) is 12.5 Å². The largest absolute Gasteiger partial charge is 0.377 e. The molecule has 24 heavy (non-hydrogen) atoms. The zero-order valence-corrected chi connectivity index (χ0v) is 14.3. The molecule has 126 valence electrons. The minimum Gasteiger partial charge on any atom is -0.377 e. The molecule has 1 fully saturated rings. The van der Waals surface area contributed by atoms with Gasteiger partial charge in [0.2, 0.25) is 0 Å². The van der Waals surface area contributed by atoms with Gasteiger partial charge in [-0.05, 0) is 43.0 Å². The van der Waals surface area contributed by atoms with Crippen LogP contribution in [0, 0.1) is 5.92 Å². The Morgan fingerprint density at radius 1 is 0.917 bits per heavy atom. The standard InChI is InChI=1S/C22H27NO/c1-3-8-20(9-4-1)12-7-17-24-19-22-13-15-23(16-14-22)18-21-10-5-2-6-11-21/h1-12,22H,13-19H2/b12-7+. The number of hydrogen-bond donors (Lipinski definition) is 0. The van der Waals surface area contributed by atoms with Crippen LogP contribution in [0.4, 0.5) is 0 Å². The van der Waals surface area contributed by atoms with Gasteiger partial charge in [-0.25, -0.2) is 0 Å². The maximum absolute atomic E-state index is 5.84. The number of likely N-dealkylation sites (tertiary alicyclic amines) is 1. The Bertz CT molecular complexity index is 600. The third-order valence-corrected chi connectivity index (χ3v) is 4.63. The summed E-state index contributed by atoms with van der Waals surface area (Å²) in [5.74, 6) is 0.710. The molecule has 0 bridgehead atoms.